The van der Waals surface area contributed by atoms with E-state index in [1.54, 1.807) is 0 Å². The van der Waals surface area contributed by atoms with E-state index in [4.69, 9.17) is 11.6 Å². The molecule has 8 rings (SSSR count). The second kappa shape index (κ2) is 8.96. The number of benzene rings is 6. The van der Waals surface area contributed by atoms with Crippen LogP contribution in [0.4, 0.5) is 17.1 Å². The zero-order valence-corrected chi connectivity index (χ0v) is 23.8. The smallest absolute Gasteiger partial charge is 0.0769 e. The Kier molecular flexibility index (Phi) is 5.32. The molecule has 1 heterocycles. The van der Waals surface area contributed by atoms with Crippen LogP contribution in [0.5, 0.6) is 0 Å². The average Bonchev–Trinajstić information content (AvgIpc) is 3.30. The van der Waals surface area contributed by atoms with Crippen molar-refractivity contribution in [3.8, 4) is 22.3 Å². The Hall–Kier alpha value is -4.11. The standard InChI is InChI=1S/C37H23BrClN/c38-31-19-9-18-30-35(31)27-15-4-5-16-28(27)37(30)29-17-6-7-21-33(29)40(34-22-10-20-32(39)36(34)37)26-14-8-13-25(23-26)24-11-2-1-3-12-24/h1-23H. The van der Waals surface area contributed by atoms with Gasteiger partial charge in [-0.25, -0.2) is 0 Å². The summed E-state index contributed by atoms with van der Waals surface area (Å²) in [5.74, 6) is 0. The summed E-state index contributed by atoms with van der Waals surface area (Å²) in [6, 6.07) is 49.8. The molecular formula is C37H23BrClN. The molecule has 0 aromatic heterocycles. The predicted octanol–water partition coefficient (Wildman–Crippen LogP) is 10.9. The van der Waals surface area contributed by atoms with Gasteiger partial charge in [-0.2, -0.15) is 0 Å². The highest BCUT2D eigenvalue weighted by Gasteiger charge is 2.53. The number of hydrogen-bond donors (Lipinski definition) is 0. The van der Waals surface area contributed by atoms with Crippen molar-refractivity contribution in [3.05, 3.63) is 171 Å². The minimum atomic E-state index is -0.548. The van der Waals surface area contributed by atoms with Gasteiger partial charge in [0.05, 0.1) is 16.8 Å². The molecule has 3 heteroatoms. The molecule has 0 radical (unpaired) electrons. The Bertz CT molecular complexity index is 1950. The van der Waals surface area contributed by atoms with Crippen LogP contribution in [0.3, 0.4) is 0 Å². The third kappa shape index (κ3) is 3.15. The van der Waals surface area contributed by atoms with Gasteiger partial charge in [-0.15, -0.1) is 0 Å². The van der Waals surface area contributed by atoms with Gasteiger partial charge in [0.2, 0.25) is 0 Å². The second-order valence-electron chi connectivity index (χ2n) is 10.4. The topological polar surface area (TPSA) is 3.24 Å². The fourth-order valence-electron chi connectivity index (χ4n) is 6.90. The van der Waals surface area contributed by atoms with Gasteiger partial charge < -0.3 is 4.90 Å². The van der Waals surface area contributed by atoms with Crippen LogP contribution in [-0.4, -0.2) is 0 Å². The van der Waals surface area contributed by atoms with Crippen molar-refractivity contribution in [2.45, 2.75) is 5.41 Å². The Morgan fingerprint density at radius 1 is 0.550 bits per heavy atom. The van der Waals surface area contributed by atoms with Crippen molar-refractivity contribution in [2.24, 2.45) is 0 Å². The van der Waals surface area contributed by atoms with Crippen LogP contribution in [-0.2, 0) is 5.41 Å². The van der Waals surface area contributed by atoms with E-state index in [1.807, 2.05) is 6.07 Å². The van der Waals surface area contributed by atoms with Gasteiger partial charge in [-0.3, -0.25) is 0 Å². The van der Waals surface area contributed by atoms with E-state index in [0.717, 1.165) is 32.1 Å². The van der Waals surface area contributed by atoms with Gasteiger partial charge in [0.1, 0.15) is 0 Å². The maximum atomic E-state index is 7.29. The summed E-state index contributed by atoms with van der Waals surface area (Å²) in [6.45, 7) is 0. The lowest BCUT2D eigenvalue weighted by atomic mass is 9.64. The zero-order valence-electron chi connectivity index (χ0n) is 21.5. The number of fused-ring (bicyclic) bond motifs is 9. The number of halogens is 2. The van der Waals surface area contributed by atoms with E-state index in [-0.39, 0.29) is 0 Å². The van der Waals surface area contributed by atoms with Gasteiger partial charge in [-0.05, 0) is 69.8 Å². The number of hydrogen-bond acceptors (Lipinski definition) is 1. The van der Waals surface area contributed by atoms with Crippen LogP contribution < -0.4 is 4.90 Å². The monoisotopic (exact) mass is 595 g/mol. The molecule has 6 aromatic carbocycles. The molecule has 2 aliphatic rings. The highest BCUT2D eigenvalue weighted by atomic mass is 79.9. The first-order chi connectivity index (χ1) is 19.7. The van der Waals surface area contributed by atoms with Crippen molar-refractivity contribution < 1.29 is 0 Å². The Morgan fingerprint density at radius 2 is 1.20 bits per heavy atom. The van der Waals surface area contributed by atoms with Gasteiger partial charge >= 0.3 is 0 Å². The molecule has 0 saturated heterocycles. The molecule has 0 saturated carbocycles. The maximum Gasteiger partial charge on any atom is 0.0769 e. The molecule has 1 aliphatic carbocycles. The van der Waals surface area contributed by atoms with Crippen molar-refractivity contribution in [1.29, 1.82) is 0 Å². The van der Waals surface area contributed by atoms with Gasteiger partial charge in [0, 0.05) is 26.3 Å². The number of nitrogens with zero attached hydrogens (tertiary/aromatic N) is 1. The molecule has 1 unspecified atom stereocenters. The van der Waals surface area contributed by atoms with Crippen LogP contribution in [0, 0.1) is 0 Å². The molecule has 0 fully saturated rings. The third-order valence-corrected chi connectivity index (χ3v) is 9.36. The van der Waals surface area contributed by atoms with Gasteiger partial charge in [-0.1, -0.05) is 131 Å². The highest BCUT2D eigenvalue weighted by Crippen LogP contribution is 2.65. The summed E-state index contributed by atoms with van der Waals surface area (Å²) < 4.78 is 1.10. The zero-order chi connectivity index (χ0) is 26.8. The van der Waals surface area contributed by atoms with Crippen LogP contribution in [0.1, 0.15) is 22.3 Å². The second-order valence-corrected chi connectivity index (χ2v) is 11.6. The summed E-state index contributed by atoms with van der Waals surface area (Å²) >= 11 is 11.2. The summed E-state index contributed by atoms with van der Waals surface area (Å²) in [4.78, 5) is 2.38. The van der Waals surface area contributed by atoms with E-state index >= 15 is 0 Å². The molecule has 1 aliphatic heterocycles. The largest absolute Gasteiger partial charge is 0.310 e. The molecular weight excluding hydrogens is 574 g/mol. The van der Waals surface area contributed by atoms with E-state index < -0.39 is 5.41 Å². The Morgan fingerprint density at radius 3 is 2.08 bits per heavy atom. The van der Waals surface area contributed by atoms with Crippen molar-refractivity contribution in [3.63, 3.8) is 0 Å². The predicted molar refractivity (Wildman–Crippen MR) is 170 cm³/mol. The van der Waals surface area contributed by atoms with Crippen molar-refractivity contribution in [2.75, 3.05) is 4.90 Å². The fraction of sp³-hybridized carbons (Fsp3) is 0.0270. The lowest BCUT2D eigenvalue weighted by Gasteiger charge is -2.45. The minimum Gasteiger partial charge on any atom is -0.310 e. The van der Waals surface area contributed by atoms with Gasteiger partial charge in [0.15, 0.2) is 0 Å². The first-order valence-electron chi connectivity index (χ1n) is 13.4. The number of para-hydroxylation sites is 1. The lowest BCUT2D eigenvalue weighted by molar-refractivity contribution is 0.752. The minimum absolute atomic E-state index is 0.548. The third-order valence-electron chi connectivity index (χ3n) is 8.39. The van der Waals surface area contributed by atoms with Crippen LogP contribution in [0.15, 0.2) is 144 Å². The molecule has 1 atom stereocenters. The first kappa shape index (κ1) is 23.7. The van der Waals surface area contributed by atoms with Crippen molar-refractivity contribution in [1.82, 2.24) is 0 Å². The summed E-state index contributed by atoms with van der Waals surface area (Å²) in [6.07, 6.45) is 0. The fourth-order valence-corrected chi connectivity index (χ4v) is 7.79. The Labute approximate surface area is 247 Å². The summed E-state index contributed by atoms with van der Waals surface area (Å²) in [7, 11) is 0. The van der Waals surface area contributed by atoms with E-state index in [0.29, 0.717) is 0 Å². The quantitative estimate of drug-likeness (QED) is 0.192. The molecule has 0 bridgehead atoms. The van der Waals surface area contributed by atoms with E-state index in [9.17, 15) is 0 Å². The normalized spacial score (nSPS) is 16.3. The Balaban J connectivity index is 1.48. The molecule has 0 amide bonds. The molecule has 6 aromatic rings. The van der Waals surface area contributed by atoms with Crippen LogP contribution in [0.2, 0.25) is 5.02 Å². The molecule has 190 valence electrons. The van der Waals surface area contributed by atoms with E-state index in [2.05, 4.69) is 154 Å². The summed E-state index contributed by atoms with van der Waals surface area (Å²) in [5, 5.41) is 0.763. The summed E-state index contributed by atoms with van der Waals surface area (Å²) in [5.41, 5.74) is 12.5. The number of rotatable bonds is 2. The van der Waals surface area contributed by atoms with Crippen LogP contribution in [0.25, 0.3) is 22.3 Å². The average molecular weight is 597 g/mol. The van der Waals surface area contributed by atoms with E-state index in [1.165, 1.54) is 38.9 Å². The SMILES string of the molecule is Clc1cccc2c1C1(c3ccccc3-c3c(Br)cccc31)c1ccccc1N2c1cccc(-c2ccccc2)c1. The molecule has 40 heavy (non-hydrogen) atoms. The molecule has 1 spiro atoms. The molecule has 0 N–H and O–H groups in total. The number of anilines is 3. The highest BCUT2D eigenvalue weighted by molar-refractivity contribution is 9.10. The lowest BCUT2D eigenvalue weighted by Crippen LogP contribution is -2.36. The van der Waals surface area contributed by atoms with Gasteiger partial charge in [0.25, 0.3) is 0 Å². The van der Waals surface area contributed by atoms with Crippen molar-refractivity contribution >= 4 is 44.6 Å². The maximum absolute atomic E-state index is 7.29. The molecule has 1 nitrogen and oxygen atoms in total. The van der Waals surface area contributed by atoms with Crippen LogP contribution >= 0.6 is 27.5 Å². The first-order valence-corrected chi connectivity index (χ1v) is 14.6.